The van der Waals surface area contributed by atoms with Gasteiger partial charge in [-0.05, 0) is 146 Å². The average Bonchev–Trinajstić information content (AvgIpc) is 3.13. The van der Waals surface area contributed by atoms with Gasteiger partial charge in [-0.15, -0.1) is 0 Å². The normalized spacial score (nSPS) is 12.1. The first kappa shape index (κ1) is 63.9. The Morgan fingerprint density at radius 2 is 0.288 bits per heavy atom. The molecule has 0 rings (SSSR count). The average molecular weight is 1190 g/mol. The van der Waals surface area contributed by atoms with Crippen molar-refractivity contribution in [3.8, 4) is 0 Å². The molecule has 0 saturated carbocycles. The Labute approximate surface area is 399 Å². The molecule has 0 radical (unpaired) electrons. The van der Waals surface area contributed by atoms with Crippen molar-refractivity contribution in [2.45, 2.75) is 185 Å². The quantitative estimate of drug-likeness (QED) is 0.0448. The Morgan fingerprint density at radius 1 is 0.173 bits per heavy atom. The summed E-state index contributed by atoms with van der Waals surface area (Å²) in [5.41, 5.74) is 0. The van der Waals surface area contributed by atoms with Crippen LogP contribution in [0.1, 0.15) is 185 Å². The maximum atomic E-state index is 2.45. The summed E-state index contributed by atoms with van der Waals surface area (Å²) >= 11 is 0. The van der Waals surface area contributed by atoms with E-state index < -0.39 is 0 Å². The van der Waals surface area contributed by atoms with Gasteiger partial charge < -0.3 is 114 Å². The molecule has 322 valence electrons. The topological polar surface area (TPSA) is 0 Å². The number of nitrogens with zero attached hydrogens (tertiary/aromatic N) is 4. The van der Waals surface area contributed by atoms with E-state index in [0.717, 1.165) is 0 Å². The van der Waals surface area contributed by atoms with Crippen molar-refractivity contribution in [3.05, 3.63) is 0 Å². The molecular weight excluding hydrogens is 1090 g/mol. The van der Waals surface area contributed by atoms with Crippen LogP contribution in [0.2, 0.25) is 0 Å². The van der Waals surface area contributed by atoms with E-state index in [1.54, 1.807) is 0 Å². The number of rotatable bonds is 37. The fourth-order valence-electron chi connectivity index (χ4n) is 9.03. The summed E-state index contributed by atoms with van der Waals surface area (Å²) in [6, 6.07) is 0. The lowest BCUT2D eigenvalue weighted by Crippen LogP contribution is -3.00. The zero-order valence-electron chi connectivity index (χ0n) is 37.3. The number of halogens is 4. The van der Waals surface area contributed by atoms with E-state index in [9.17, 15) is 0 Å². The van der Waals surface area contributed by atoms with Gasteiger partial charge in [-0.2, -0.15) is 0 Å². The first-order valence-corrected chi connectivity index (χ1v) is 22.6. The van der Waals surface area contributed by atoms with Gasteiger partial charge in [-0.25, -0.2) is 0 Å². The third-order valence-corrected chi connectivity index (χ3v) is 14.3. The Hall–Kier alpha value is 2.76. The maximum Gasteiger partial charge on any atom is 0.0786 e. The predicted octanol–water partition coefficient (Wildman–Crippen LogP) is -0.510. The highest BCUT2D eigenvalue weighted by atomic mass is 127. The Balaban J connectivity index is -0.00000184. The number of hydrogen-bond donors (Lipinski definition) is 0. The van der Waals surface area contributed by atoms with Gasteiger partial charge in [0.2, 0.25) is 0 Å². The highest BCUT2D eigenvalue weighted by molar-refractivity contribution is 4.53. The largest absolute Gasteiger partial charge is 1.00 e. The van der Waals surface area contributed by atoms with Crippen LogP contribution < -0.4 is 95.9 Å². The third-order valence-electron chi connectivity index (χ3n) is 14.3. The minimum atomic E-state index is 0. The Bertz CT molecular complexity index is 621. The van der Waals surface area contributed by atoms with Crippen LogP contribution in [-0.4, -0.2) is 123 Å². The molecule has 0 aromatic carbocycles. The van der Waals surface area contributed by atoms with Crippen molar-refractivity contribution < 1.29 is 114 Å². The highest BCUT2D eigenvalue weighted by Crippen LogP contribution is 2.19. The molecule has 4 nitrogen and oxygen atoms in total. The minimum Gasteiger partial charge on any atom is -1.00 e. The van der Waals surface area contributed by atoms with Crippen LogP contribution in [0.5, 0.6) is 0 Å². The van der Waals surface area contributed by atoms with Gasteiger partial charge in [-0.1, -0.05) is 38.5 Å². The second kappa shape index (κ2) is 40.5. The van der Waals surface area contributed by atoms with Gasteiger partial charge in [-0.3, -0.25) is 0 Å². The van der Waals surface area contributed by atoms with Crippen LogP contribution in [0.4, 0.5) is 0 Å². The smallest absolute Gasteiger partial charge is 0.0786 e. The van der Waals surface area contributed by atoms with Crippen molar-refractivity contribution >= 4 is 0 Å². The molecule has 0 heterocycles. The molecule has 0 aromatic heterocycles. The van der Waals surface area contributed by atoms with E-state index in [2.05, 4.69) is 69.2 Å². The lowest BCUT2D eigenvalue weighted by Gasteiger charge is -2.37. The van der Waals surface area contributed by atoms with Crippen LogP contribution in [0.25, 0.3) is 0 Å². The van der Waals surface area contributed by atoms with Crippen LogP contribution in [-0.2, 0) is 0 Å². The summed E-state index contributed by atoms with van der Waals surface area (Å²) in [6.45, 7) is 45.6. The standard InChI is InChI=1S/C44H98N4.4HI/c1-11-45(12-2,13-3)39-33-27-21-23-29-35-41-47(17-7,18-8)43-37-31-25-26-32-38-44-48(19-9,20-10)42-36-30-24-22-28-34-40-46(14-4,15-5)16-6;;;;/h11-44H2,1-10H3;4*1H/q+4;;;;/p-4. The van der Waals surface area contributed by atoms with Crippen molar-refractivity contribution in [1.82, 2.24) is 0 Å². The summed E-state index contributed by atoms with van der Waals surface area (Å²) < 4.78 is 5.38. The fourth-order valence-corrected chi connectivity index (χ4v) is 9.03. The lowest BCUT2D eigenvalue weighted by molar-refractivity contribution is -0.925. The Kier molecular flexibility index (Phi) is 49.8. The van der Waals surface area contributed by atoms with Gasteiger partial charge in [0.25, 0.3) is 0 Å². The van der Waals surface area contributed by atoms with Crippen molar-refractivity contribution in [1.29, 1.82) is 0 Å². The zero-order chi connectivity index (χ0) is 36.0. The molecule has 0 saturated heterocycles. The first-order chi connectivity index (χ1) is 23.2. The molecule has 0 fully saturated rings. The molecule has 0 atom stereocenters. The van der Waals surface area contributed by atoms with Crippen LogP contribution in [0, 0.1) is 0 Å². The molecule has 0 aromatic rings. The van der Waals surface area contributed by atoms with Crippen molar-refractivity contribution in [2.24, 2.45) is 0 Å². The Morgan fingerprint density at radius 3 is 0.423 bits per heavy atom. The van der Waals surface area contributed by atoms with E-state index in [-0.39, 0.29) is 95.9 Å². The summed E-state index contributed by atoms with van der Waals surface area (Å²) in [5, 5.41) is 0. The van der Waals surface area contributed by atoms with Gasteiger partial charge in [0.1, 0.15) is 0 Å². The summed E-state index contributed by atoms with van der Waals surface area (Å²) in [6.07, 6.45) is 26.0. The summed E-state index contributed by atoms with van der Waals surface area (Å²) in [5.74, 6) is 0. The fraction of sp³-hybridized carbons (Fsp3) is 1.00. The summed E-state index contributed by atoms with van der Waals surface area (Å²) in [4.78, 5) is 0. The molecule has 52 heavy (non-hydrogen) atoms. The first-order valence-electron chi connectivity index (χ1n) is 22.6. The molecule has 0 aliphatic rings. The number of hydrogen-bond acceptors (Lipinski definition) is 0. The minimum absolute atomic E-state index is 0. The predicted molar refractivity (Wildman–Crippen MR) is 219 cm³/mol. The summed E-state index contributed by atoms with van der Waals surface area (Å²) in [7, 11) is 0. The van der Waals surface area contributed by atoms with Gasteiger partial charge in [0.15, 0.2) is 0 Å². The number of unbranched alkanes of at least 4 members (excludes halogenated alkanes) is 15. The van der Waals surface area contributed by atoms with E-state index in [4.69, 9.17) is 0 Å². The molecule has 0 bridgehead atoms. The van der Waals surface area contributed by atoms with Crippen molar-refractivity contribution in [2.75, 3.05) is 105 Å². The monoisotopic (exact) mass is 1190 g/mol. The SMILES string of the molecule is CC[N+](CC)(CC)CCCCCCCC[N+](CC)(CC)CCCCCCCC[N+](CC)(CC)CCCCCCCC[N+](CC)(CC)CC.[I-].[I-].[I-].[I-]. The lowest BCUT2D eigenvalue weighted by atomic mass is 10.1. The van der Waals surface area contributed by atoms with Gasteiger partial charge >= 0.3 is 0 Å². The van der Waals surface area contributed by atoms with E-state index in [0.29, 0.717) is 0 Å². The van der Waals surface area contributed by atoms with Crippen LogP contribution in [0.3, 0.4) is 0 Å². The molecule has 0 spiro atoms. The molecule has 0 amide bonds. The molecule has 0 N–H and O–H groups in total. The second-order valence-electron chi connectivity index (χ2n) is 16.2. The molecule has 8 heteroatoms. The third kappa shape index (κ3) is 27.4. The molecule has 0 unspecified atom stereocenters. The van der Waals surface area contributed by atoms with E-state index >= 15 is 0 Å². The zero-order valence-corrected chi connectivity index (χ0v) is 46.0. The molecular formula is C44H98I4N4. The maximum absolute atomic E-state index is 2.45. The van der Waals surface area contributed by atoms with Gasteiger partial charge in [0, 0.05) is 0 Å². The van der Waals surface area contributed by atoms with Gasteiger partial charge in [0.05, 0.1) is 105 Å². The van der Waals surface area contributed by atoms with E-state index in [1.165, 1.54) is 238 Å². The molecule has 0 aliphatic heterocycles. The van der Waals surface area contributed by atoms with Crippen molar-refractivity contribution in [3.63, 3.8) is 0 Å². The van der Waals surface area contributed by atoms with Crippen LogP contribution >= 0.6 is 0 Å². The number of quaternary nitrogens is 4. The van der Waals surface area contributed by atoms with E-state index in [1.807, 2.05) is 0 Å². The highest BCUT2D eigenvalue weighted by Gasteiger charge is 2.24. The molecule has 0 aliphatic carbocycles. The van der Waals surface area contributed by atoms with Crippen LogP contribution in [0.15, 0.2) is 0 Å². The second-order valence-corrected chi connectivity index (χ2v) is 16.2.